The summed E-state index contributed by atoms with van der Waals surface area (Å²) in [5, 5.41) is 3.50. The van der Waals surface area contributed by atoms with Gasteiger partial charge in [-0.15, -0.1) is 0 Å². The Morgan fingerprint density at radius 2 is 2.28 bits per heavy atom. The molecule has 1 heterocycles. The van der Waals surface area contributed by atoms with Crippen LogP contribution in [0.15, 0.2) is 23.4 Å². The molecule has 5 nitrogen and oxygen atoms in total. The first-order chi connectivity index (χ1) is 8.43. The van der Waals surface area contributed by atoms with Gasteiger partial charge in [0, 0.05) is 13.3 Å². The van der Waals surface area contributed by atoms with E-state index < -0.39 is 17.6 Å². The van der Waals surface area contributed by atoms with Gasteiger partial charge in [0.05, 0.1) is 17.5 Å². The predicted octanol–water partition coefficient (Wildman–Crippen LogP) is 1.20. The van der Waals surface area contributed by atoms with E-state index in [1.54, 1.807) is 0 Å². The Kier molecular flexibility index (Phi) is 4.78. The molecule has 0 aliphatic rings. The second-order valence-corrected chi connectivity index (χ2v) is 3.20. The number of hydrogen-bond donors (Lipinski definition) is 1. The zero-order chi connectivity index (χ0) is 13.6. The fraction of sp³-hybridized carbons (Fsp3) is 0.300. The third-order valence-corrected chi connectivity index (χ3v) is 1.78. The van der Waals surface area contributed by atoms with Gasteiger partial charge in [0.1, 0.15) is 6.61 Å². The summed E-state index contributed by atoms with van der Waals surface area (Å²) < 4.78 is 41.2. The minimum atomic E-state index is -4.42. The van der Waals surface area contributed by atoms with E-state index in [2.05, 4.69) is 20.2 Å². The van der Waals surface area contributed by atoms with Crippen molar-refractivity contribution in [3.05, 3.63) is 29.6 Å². The topological polar surface area (TPSA) is 63.6 Å². The first-order valence-corrected chi connectivity index (χ1v) is 4.77. The Bertz CT molecular complexity index is 429. The van der Waals surface area contributed by atoms with Crippen LogP contribution in [0.1, 0.15) is 11.3 Å². The zero-order valence-corrected chi connectivity index (χ0v) is 9.36. The van der Waals surface area contributed by atoms with Crippen LogP contribution in [0.2, 0.25) is 0 Å². The number of alkyl halides is 3. The number of amides is 1. The Hall–Kier alpha value is -1.96. The summed E-state index contributed by atoms with van der Waals surface area (Å²) in [7, 11) is 1.35. The van der Waals surface area contributed by atoms with Gasteiger partial charge in [-0.3, -0.25) is 9.78 Å². The van der Waals surface area contributed by atoms with Crippen LogP contribution in [0.25, 0.3) is 0 Å². The molecule has 0 aromatic carbocycles. The van der Waals surface area contributed by atoms with Gasteiger partial charge in [0.15, 0.2) is 0 Å². The monoisotopic (exact) mass is 261 g/mol. The van der Waals surface area contributed by atoms with Gasteiger partial charge in [0.2, 0.25) is 0 Å². The molecule has 0 unspecified atom stereocenters. The van der Waals surface area contributed by atoms with E-state index in [9.17, 15) is 18.0 Å². The average molecular weight is 261 g/mol. The molecule has 0 bridgehead atoms. The van der Waals surface area contributed by atoms with Crippen LogP contribution in [0.5, 0.6) is 0 Å². The summed E-state index contributed by atoms with van der Waals surface area (Å²) in [5.74, 6) is -0.472. The maximum atomic E-state index is 12.2. The standard InChI is InChI=1S/C10H10F3N3O2/c1-18-6-9(17)16-15-5-8-3-2-7(4-14-8)10(11,12)13/h2-5H,6H2,1H3,(H,16,17)/b15-5+. The van der Waals surface area contributed by atoms with Gasteiger partial charge >= 0.3 is 6.18 Å². The number of halogens is 3. The minimum absolute atomic E-state index is 0.155. The molecule has 0 radical (unpaired) electrons. The van der Waals surface area contributed by atoms with Gasteiger partial charge in [-0.1, -0.05) is 0 Å². The van der Waals surface area contributed by atoms with Crippen molar-refractivity contribution >= 4 is 12.1 Å². The average Bonchev–Trinajstić information content (AvgIpc) is 2.29. The van der Waals surface area contributed by atoms with Crippen LogP contribution < -0.4 is 5.43 Å². The highest BCUT2D eigenvalue weighted by Crippen LogP contribution is 2.28. The first-order valence-electron chi connectivity index (χ1n) is 4.77. The van der Waals surface area contributed by atoms with Gasteiger partial charge < -0.3 is 4.74 Å². The largest absolute Gasteiger partial charge is 0.417 e. The van der Waals surface area contributed by atoms with Crippen molar-refractivity contribution in [2.45, 2.75) is 6.18 Å². The second kappa shape index (κ2) is 6.10. The highest BCUT2D eigenvalue weighted by molar-refractivity contribution is 5.81. The van der Waals surface area contributed by atoms with Crippen molar-refractivity contribution in [1.82, 2.24) is 10.4 Å². The molecule has 0 aliphatic heterocycles. The molecule has 18 heavy (non-hydrogen) atoms. The number of aromatic nitrogens is 1. The lowest BCUT2D eigenvalue weighted by atomic mass is 10.2. The van der Waals surface area contributed by atoms with Crippen LogP contribution in [0, 0.1) is 0 Å². The van der Waals surface area contributed by atoms with Gasteiger partial charge in [-0.25, -0.2) is 5.43 Å². The summed E-state index contributed by atoms with van der Waals surface area (Å²) in [5.41, 5.74) is 1.47. The summed E-state index contributed by atoms with van der Waals surface area (Å²) in [4.78, 5) is 14.4. The van der Waals surface area contributed by atoms with Gasteiger partial charge in [-0.05, 0) is 12.1 Å². The van der Waals surface area contributed by atoms with E-state index in [0.29, 0.717) is 6.20 Å². The minimum Gasteiger partial charge on any atom is -0.375 e. The number of hydrogen-bond acceptors (Lipinski definition) is 4. The predicted molar refractivity (Wildman–Crippen MR) is 56.9 cm³/mol. The Morgan fingerprint density at radius 3 is 2.78 bits per heavy atom. The Morgan fingerprint density at radius 1 is 1.56 bits per heavy atom. The molecule has 0 spiro atoms. The van der Waals surface area contributed by atoms with Crippen molar-refractivity contribution in [3.63, 3.8) is 0 Å². The summed E-state index contributed by atoms with van der Waals surface area (Å²) >= 11 is 0. The number of pyridine rings is 1. The van der Waals surface area contributed by atoms with Crippen molar-refractivity contribution < 1.29 is 22.7 Å². The molecule has 98 valence electrons. The number of ether oxygens (including phenoxy) is 1. The van der Waals surface area contributed by atoms with Crippen LogP contribution in [-0.4, -0.2) is 30.8 Å². The van der Waals surface area contributed by atoms with Crippen LogP contribution >= 0.6 is 0 Å². The van der Waals surface area contributed by atoms with Gasteiger partial charge in [-0.2, -0.15) is 18.3 Å². The molecule has 0 saturated heterocycles. The lowest BCUT2D eigenvalue weighted by Crippen LogP contribution is -2.22. The first kappa shape index (κ1) is 14.1. The highest BCUT2D eigenvalue weighted by Gasteiger charge is 2.30. The van der Waals surface area contributed by atoms with Crippen molar-refractivity contribution in [3.8, 4) is 0 Å². The molecule has 1 N–H and O–H groups in total. The fourth-order valence-corrected chi connectivity index (χ4v) is 0.983. The number of hydrazone groups is 1. The molecule has 0 saturated carbocycles. The third-order valence-electron chi connectivity index (χ3n) is 1.78. The fourth-order valence-electron chi connectivity index (χ4n) is 0.983. The SMILES string of the molecule is COCC(=O)N/N=C/c1ccc(C(F)(F)F)cn1. The van der Waals surface area contributed by atoms with Crippen molar-refractivity contribution in [2.75, 3.05) is 13.7 Å². The van der Waals surface area contributed by atoms with Crippen LogP contribution in [0.4, 0.5) is 13.2 Å². The molecule has 1 aromatic rings. The lowest BCUT2D eigenvalue weighted by Gasteiger charge is -2.04. The third kappa shape index (κ3) is 4.50. The molecule has 0 aliphatic carbocycles. The number of nitrogens with zero attached hydrogens (tertiary/aromatic N) is 2. The maximum Gasteiger partial charge on any atom is 0.417 e. The van der Waals surface area contributed by atoms with E-state index in [1.807, 2.05) is 0 Å². The zero-order valence-electron chi connectivity index (χ0n) is 9.36. The smallest absolute Gasteiger partial charge is 0.375 e. The summed E-state index contributed by atoms with van der Waals surface area (Å²) in [6.07, 6.45) is -2.60. The highest BCUT2D eigenvalue weighted by atomic mass is 19.4. The molecule has 1 rings (SSSR count). The Balaban J connectivity index is 2.59. The second-order valence-electron chi connectivity index (χ2n) is 3.20. The molecule has 0 fully saturated rings. The van der Waals surface area contributed by atoms with E-state index in [4.69, 9.17) is 0 Å². The molecular weight excluding hydrogens is 251 g/mol. The van der Waals surface area contributed by atoms with Crippen LogP contribution in [0.3, 0.4) is 0 Å². The van der Waals surface area contributed by atoms with E-state index in [-0.39, 0.29) is 12.3 Å². The molecule has 1 amide bonds. The number of rotatable bonds is 4. The number of methoxy groups -OCH3 is 1. The molecule has 1 aromatic heterocycles. The Labute approximate surface area is 101 Å². The molecule has 0 atom stereocenters. The quantitative estimate of drug-likeness (QED) is 0.654. The number of carbonyl (C=O) groups excluding carboxylic acids is 1. The van der Waals surface area contributed by atoms with Crippen LogP contribution in [-0.2, 0) is 15.7 Å². The number of nitrogens with one attached hydrogen (secondary N) is 1. The molecule has 8 heteroatoms. The summed E-state index contributed by atoms with van der Waals surface area (Å²) in [6.45, 7) is -0.155. The summed E-state index contributed by atoms with van der Waals surface area (Å²) in [6, 6.07) is 2.03. The lowest BCUT2D eigenvalue weighted by molar-refractivity contribution is -0.137. The van der Waals surface area contributed by atoms with Gasteiger partial charge in [0.25, 0.3) is 5.91 Å². The van der Waals surface area contributed by atoms with Crippen molar-refractivity contribution in [1.29, 1.82) is 0 Å². The van der Waals surface area contributed by atoms with E-state index in [0.717, 1.165) is 18.3 Å². The normalized spacial score (nSPS) is 11.8. The van der Waals surface area contributed by atoms with Crippen molar-refractivity contribution in [2.24, 2.45) is 5.10 Å². The maximum absolute atomic E-state index is 12.2. The van der Waals surface area contributed by atoms with E-state index in [1.165, 1.54) is 7.11 Å². The number of carbonyl (C=O) groups is 1. The van der Waals surface area contributed by atoms with E-state index >= 15 is 0 Å². The molecular formula is C10H10F3N3O2.